The number of rotatable bonds is 6. The molecule has 16 heavy (non-hydrogen) atoms. The molecular formula is C12H24N2O2. The summed E-state index contributed by atoms with van der Waals surface area (Å²) in [4.78, 5) is 11.7. The molecule has 0 saturated carbocycles. The third-order valence-electron chi connectivity index (χ3n) is 2.74. The molecule has 1 aliphatic heterocycles. The largest absolute Gasteiger partial charge is 0.379 e. The Kier molecular flexibility index (Phi) is 6.42. The Labute approximate surface area is 98.1 Å². The van der Waals surface area contributed by atoms with Crippen molar-refractivity contribution >= 4 is 5.91 Å². The summed E-state index contributed by atoms with van der Waals surface area (Å²) < 4.78 is 5.41. The molecule has 1 amide bonds. The molecule has 1 saturated heterocycles. The monoisotopic (exact) mass is 228 g/mol. The smallest absolute Gasteiger partial charge is 0.224 e. The van der Waals surface area contributed by atoms with Gasteiger partial charge < -0.3 is 15.4 Å². The maximum atomic E-state index is 11.7. The summed E-state index contributed by atoms with van der Waals surface area (Å²) in [6.45, 7) is 7.36. The molecule has 1 fully saturated rings. The van der Waals surface area contributed by atoms with Crippen molar-refractivity contribution in [2.75, 3.05) is 26.2 Å². The first kappa shape index (κ1) is 13.5. The minimum atomic E-state index is 0.166. The number of hydrogen-bond acceptors (Lipinski definition) is 3. The maximum Gasteiger partial charge on any atom is 0.224 e. The van der Waals surface area contributed by atoms with Gasteiger partial charge in [-0.05, 0) is 39.7 Å². The zero-order valence-electron chi connectivity index (χ0n) is 10.4. The van der Waals surface area contributed by atoms with Crippen LogP contribution in [-0.4, -0.2) is 38.3 Å². The number of amides is 1. The molecule has 1 aliphatic rings. The third-order valence-corrected chi connectivity index (χ3v) is 2.74. The van der Waals surface area contributed by atoms with E-state index in [4.69, 9.17) is 4.74 Å². The van der Waals surface area contributed by atoms with Gasteiger partial charge in [-0.2, -0.15) is 0 Å². The lowest BCUT2D eigenvalue weighted by molar-refractivity contribution is -0.125. The third kappa shape index (κ3) is 5.47. The minimum absolute atomic E-state index is 0.166. The Hall–Kier alpha value is -0.610. The lowest BCUT2D eigenvalue weighted by atomic mass is 9.99. The van der Waals surface area contributed by atoms with E-state index in [0.29, 0.717) is 0 Å². The first-order chi connectivity index (χ1) is 7.70. The SMILES string of the molecule is CC(C)OCCCNC(=O)[C@H]1CCCNC1. The van der Waals surface area contributed by atoms with Crippen molar-refractivity contribution in [3.63, 3.8) is 0 Å². The highest BCUT2D eigenvalue weighted by molar-refractivity contribution is 5.78. The quantitative estimate of drug-likeness (QED) is 0.665. The minimum Gasteiger partial charge on any atom is -0.379 e. The van der Waals surface area contributed by atoms with Crippen molar-refractivity contribution in [1.82, 2.24) is 10.6 Å². The summed E-state index contributed by atoms with van der Waals surface area (Å²) in [5, 5.41) is 6.21. The second-order valence-electron chi connectivity index (χ2n) is 4.61. The second-order valence-corrected chi connectivity index (χ2v) is 4.61. The van der Waals surface area contributed by atoms with Crippen LogP contribution in [0.1, 0.15) is 33.1 Å². The summed E-state index contributed by atoms with van der Waals surface area (Å²) in [7, 11) is 0. The predicted octanol–water partition coefficient (Wildman–Crippen LogP) is 0.917. The van der Waals surface area contributed by atoms with Gasteiger partial charge in [0.25, 0.3) is 0 Å². The van der Waals surface area contributed by atoms with E-state index in [1.54, 1.807) is 0 Å². The van der Waals surface area contributed by atoms with E-state index in [9.17, 15) is 4.79 Å². The summed E-state index contributed by atoms with van der Waals surface area (Å²) in [5.41, 5.74) is 0. The molecule has 1 atom stereocenters. The van der Waals surface area contributed by atoms with Crippen molar-refractivity contribution in [2.24, 2.45) is 5.92 Å². The van der Waals surface area contributed by atoms with Crippen molar-refractivity contribution < 1.29 is 9.53 Å². The molecule has 0 spiro atoms. The Morgan fingerprint density at radius 3 is 3.00 bits per heavy atom. The molecule has 0 aromatic carbocycles. The summed E-state index contributed by atoms with van der Waals surface area (Å²) in [6, 6.07) is 0. The van der Waals surface area contributed by atoms with E-state index in [1.807, 2.05) is 13.8 Å². The van der Waals surface area contributed by atoms with Crippen LogP contribution in [0.2, 0.25) is 0 Å². The van der Waals surface area contributed by atoms with Gasteiger partial charge >= 0.3 is 0 Å². The topological polar surface area (TPSA) is 50.4 Å². The van der Waals surface area contributed by atoms with E-state index in [-0.39, 0.29) is 17.9 Å². The standard InChI is InChI=1S/C12H24N2O2/c1-10(2)16-8-4-7-14-12(15)11-5-3-6-13-9-11/h10-11,13H,3-9H2,1-2H3,(H,14,15)/t11-/m0/s1. The number of hydrogen-bond donors (Lipinski definition) is 2. The van der Waals surface area contributed by atoms with E-state index in [1.165, 1.54) is 0 Å². The van der Waals surface area contributed by atoms with Crippen LogP contribution >= 0.6 is 0 Å². The van der Waals surface area contributed by atoms with Gasteiger partial charge in [0.15, 0.2) is 0 Å². The molecule has 0 bridgehead atoms. The highest BCUT2D eigenvalue weighted by Gasteiger charge is 2.19. The maximum absolute atomic E-state index is 11.7. The summed E-state index contributed by atoms with van der Waals surface area (Å²) in [6.07, 6.45) is 3.29. The molecule has 0 aliphatic carbocycles. The number of piperidine rings is 1. The predicted molar refractivity (Wildman–Crippen MR) is 64.3 cm³/mol. The summed E-state index contributed by atoms with van der Waals surface area (Å²) in [5.74, 6) is 0.358. The molecule has 94 valence electrons. The van der Waals surface area contributed by atoms with Crippen molar-refractivity contribution in [1.29, 1.82) is 0 Å². The lowest BCUT2D eigenvalue weighted by Gasteiger charge is -2.21. The average molecular weight is 228 g/mol. The van der Waals surface area contributed by atoms with Gasteiger partial charge in [-0.25, -0.2) is 0 Å². The molecule has 4 nitrogen and oxygen atoms in total. The van der Waals surface area contributed by atoms with E-state index >= 15 is 0 Å². The second kappa shape index (κ2) is 7.63. The van der Waals surface area contributed by atoms with E-state index < -0.39 is 0 Å². The number of nitrogens with one attached hydrogen (secondary N) is 2. The van der Waals surface area contributed by atoms with Gasteiger partial charge in [-0.3, -0.25) is 4.79 Å². The zero-order chi connectivity index (χ0) is 11.8. The van der Waals surface area contributed by atoms with Gasteiger partial charge in [-0.1, -0.05) is 0 Å². The fourth-order valence-electron chi connectivity index (χ4n) is 1.82. The summed E-state index contributed by atoms with van der Waals surface area (Å²) >= 11 is 0. The molecule has 0 radical (unpaired) electrons. The first-order valence-electron chi connectivity index (χ1n) is 6.30. The molecule has 1 rings (SSSR count). The molecule has 0 aromatic rings. The van der Waals surface area contributed by atoms with E-state index in [0.717, 1.165) is 45.5 Å². The van der Waals surface area contributed by atoms with Crippen LogP contribution in [0.3, 0.4) is 0 Å². The van der Waals surface area contributed by atoms with Crippen LogP contribution in [0.5, 0.6) is 0 Å². The van der Waals surface area contributed by atoms with Crippen LogP contribution in [0.4, 0.5) is 0 Å². The highest BCUT2D eigenvalue weighted by Crippen LogP contribution is 2.09. The number of carbonyl (C=O) groups excluding carboxylic acids is 1. The normalized spacial score (nSPS) is 21.1. The molecule has 0 aromatic heterocycles. The van der Waals surface area contributed by atoms with Crippen LogP contribution in [0.25, 0.3) is 0 Å². The van der Waals surface area contributed by atoms with Crippen molar-refractivity contribution in [3.8, 4) is 0 Å². The zero-order valence-corrected chi connectivity index (χ0v) is 10.4. The number of ether oxygens (including phenoxy) is 1. The Morgan fingerprint density at radius 1 is 1.56 bits per heavy atom. The van der Waals surface area contributed by atoms with Gasteiger partial charge in [0.05, 0.1) is 12.0 Å². The molecule has 1 heterocycles. The Balaban J connectivity index is 2.01. The van der Waals surface area contributed by atoms with E-state index in [2.05, 4.69) is 10.6 Å². The Bertz CT molecular complexity index is 201. The van der Waals surface area contributed by atoms with Gasteiger partial charge in [-0.15, -0.1) is 0 Å². The molecule has 4 heteroatoms. The fraction of sp³-hybridized carbons (Fsp3) is 0.917. The van der Waals surface area contributed by atoms with Crippen LogP contribution in [-0.2, 0) is 9.53 Å². The number of carbonyl (C=O) groups is 1. The lowest BCUT2D eigenvalue weighted by Crippen LogP contribution is -2.40. The van der Waals surface area contributed by atoms with Gasteiger partial charge in [0, 0.05) is 19.7 Å². The fourth-order valence-corrected chi connectivity index (χ4v) is 1.82. The highest BCUT2D eigenvalue weighted by atomic mass is 16.5. The Morgan fingerprint density at radius 2 is 2.38 bits per heavy atom. The van der Waals surface area contributed by atoms with Crippen molar-refractivity contribution in [2.45, 2.75) is 39.2 Å². The molecule has 2 N–H and O–H groups in total. The van der Waals surface area contributed by atoms with Crippen LogP contribution in [0, 0.1) is 5.92 Å². The van der Waals surface area contributed by atoms with Gasteiger partial charge in [0.1, 0.15) is 0 Å². The molecular weight excluding hydrogens is 204 g/mol. The van der Waals surface area contributed by atoms with Crippen LogP contribution in [0.15, 0.2) is 0 Å². The molecule has 0 unspecified atom stereocenters. The first-order valence-corrected chi connectivity index (χ1v) is 6.30. The van der Waals surface area contributed by atoms with Crippen molar-refractivity contribution in [3.05, 3.63) is 0 Å². The average Bonchev–Trinajstić information content (AvgIpc) is 2.29. The van der Waals surface area contributed by atoms with Crippen LogP contribution < -0.4 is 10.6 Å². The van der Waals surface area contributed by atoms with Gasteiger partial charge in [0.2, 0.25) is 5.91 Å².